The van der Waals surface area contributed by atoms with Crippen molar-refractivity contribution in [1.82, 2.24) is 0 Å². The summed E-state index contributed by atoms with van der Waals surface area (Å²) >= 11 is 0. The van der Waals surface area contributed by atoms with Gasteiger partial charge in [-0.3, -0.25) is 4.79 Å². The fourth-order valence-electron chi connectivity index (χ4n) is 1.43. The number of hydrogen-bond acceptors (Lipinski definition) is 4. The molecule has 0 unspecified atom stereocenters. The van der Waals surface area contributed by atoms with Crippen molar-refractivity contribution in [3.8, 4) is 5.75 Å². The molecule has 0 saturated heterocycles. The molecule has 0 heterocycles. The zero-order valence-electron chi connectivity index (χ0n) is 11.7. The molecule has 0 aromatic heterocycles. The number of nitrogens with two attached hydrogens (primary N) is 1. The lowest BCUT2D eigenvalue weighted by molar-refractivity contribution is -0.118. The number of ether oxygens (including phenoxy) is 2. The Morgan fingerprint density at radius 3 is 2.74 bits per heavy atom. The van der Waals surface area contributed by atoms with Crippen LogP contribution in [0.1, 0.15) is 13.8 Å². The molecular formula is C14H22N2O3. The van der Waals surface area contributed by atoms with Crippen LogP contribution in [0.3, 0.4) is 0 Å². The van der Waals surface area contributed by atoms with Crippen molar-refractivity contribution >= 4 is 11.6 Å². The van der Waals surface area contributed by atoms with Gasteiger partial charge in [-0.05, 0) is 18.1 Å². The van der Waals surface area contributed by atoms with Crippen LogP contribution in [0.4, 0.5) is 5.69 Å². The van der Waals surface area contributed by atoms with Gasteiger partial charge in [-0.15, -0.1) is 0 Å². The topological polar surface area (TPSA) is 73.6 Å². The maximum Gasteiger partial charge on any atom is 0.241 e. The van der Waals surface area contributed by atoms with Crippen LogP contribution in [0.2, 0.25) is 0 Å². The van der Waals surface area contributed by atoms with Crippen molar-refractivity contribution in [3.63, 3.8) is 0 Å². The Balaban J connectivity index is 2.59. The van der Waals surface area contributed by atoms with Crippen LogP contribution < -0.4 is 15.8 Å². The molecule has 0 bridgehead atoms. The highest BCUT2D eigenvalue weighted by Gasteiger charge is 2.17. The largest absolute Gasteiger partial charge is 0.491 e. The van der Waals surface area contributed by atoms with Gasteiger partial charge < -0.3 is 20.5 Å². The van der Waals surface area contributed by atoms with Crippen molar-refractivity contribution in [2.45, 2.75) is 19.9 Å². The van der Waals surface area contributed by atoms with Crippen LogP contribution in [0.5, 0.6) is 5.75 Å². The van der Waals surface area contributed by atoms with Crippen LogP contribution in [-0.2, 0) is 9.53 Å². The Labute approximate surface area is 114 Å². The van der Waals surface area contributed by atoms with Crippen LogP contribution in [0.15, 0.2) is 24.3 Å². The van der Waals surface area contributed by atoms with E-state index in [0.29, 0.717) is 24.7 Å². The molecule has 1 atom stereocenters. The summed E-state index contributed by atoms with van der Waals surface area (Å²) in [6.07, 6.45) is 0. The van der Waals surface area contributed by atoms with E-state index in [0.717, 1.165) is 0 Å². The SMILES string of the molecule is COCCOc1cccc(NC(=O)[C@@H](N)C(C)C)c1. The highest BCUT2D eigenvalue weighted by Crippen LogP contribution is 2.17. The first kappa shape index (κ1) is 15.5. The molecule has 0 saturated carbocycles. The maximum atomic E-state index is 11.8. The number of hydrogen-bond donors (Lipinski definition) is 2. The number of benzene rings is 1. The monoisotopic (exact) mass is 266 g/mol. The summed E-state index contributed by atoms with van der Waals surface area (Å²) in [5.74, 6) is 0.596. The van der Waals surface area contributed by atoms with Crippen molar-refractivity contribution in [1.29, 1.82) is 0 Å². The summed E-state index contributed by atoms with van der Waals surface area (Å²) in [6, 6.07) is 6.69. The molecule has 0 spiro atoms. The molecule has 1 aromatic carbocycles. The van der Waals surface area contributed by atoms with E-state index in [9.17, 15) is 4.79 Å². The minimum absolute atomic E-state index is 0.0983. The number of methoxy groups -OCH3 is 1. The summed E-state index contributed by atoms with van der Waals surface area (Å²) < 4.78 is 10.4. The average molecular weight is 266 g/mol. The predicted octanol–water partition coefficient (Wildman–Crippen LogP) is 1.63. The summed E-state index contributed by atoms with van der Waals surface area (Å²) in [5.41, 5.74) is 6.46. The summed E-state index contributed by atoms with van der Waals surface area (Å²) in [4.78, 5) is 11.8. The van der Waals surface area contributed by atoms with E-state index in [1.54, 1.807) is 19.2 Å². The van der Waals surface area contributed by atoms with Crippen molar-refractivity contribution < 1.29 is 14.3 Å². The number of nitrogens with one attached hydrogen (secondary N) is 1. The third-order valence-electron chi connectivity index (χ3n) is 2.68. The molecule has 3 N–H and O–H groups in total. The van der Waals surface area contributed by atoms with Gasteiger partial charge in [0, 0.05) is 18.9 Å². The quantitative estimate of drug-likeness (QED) is 0.736. The van der Waals surface area contributed by atoms with Crippen LogP contribution in [-0.4, -0.2) is 32.3 Å². The number of carbonyl (C=O) groups excluding carboxylic acids is 1. The van der Waals surface area contributed by atoms with Crippen molar-refractivity contribution in [3.05, 3.63) is 24.3 Å². The Bertz CT molecular complexity index is 407. The smallest absolute Gasteiger partial charge is 0.241 e. The molecule has 0 aliphatic heterocycles. The van der Waals surface area contributed by atoms with Gasteiger partial charge in [-0.2, -0.15) is 0 Å². The minimum atomic E-state index is -0.516. The van der Waals surface area contributed by atoms with E-state index < -0.39 is 6.04 Å². The van der Waals surface area contributed by atoms with E-state index in [1.165, 1.54) is 0 Å². The lowest BCUT2D eigenvalue weighted by Gasteiger charge is -2.15. The third kappa shape index (κ3) is 5.28. The lowest BCUT2D eigenvalue weighted by Crippen LogP contribution is -2.39. The van der Waals surface area contributed by atoms with Gasteiger partial charge in [0.15, 0.2) is 0 Å². The average Bonchev–Trinajstić information content (AvgIpc) is 2.38. The molecule has 5 nitrogen and oxygen atoms in total. The fraction of sp³-hybridized carbons (Fsp3) is 0.500. The molecule has 5 heteroatoms. The zero-order valence-corrected chi connectivity index (χ0v) is 11.7. The van der Waals surface area contributed by atoms with Gasteiger partial charge in [0.2, 0.25) is 5.91 Å². The number of anilines is 1. The molecule has 1 rings (SSSR count). The van der Waals surface area contributed by atoms with E-state index in [-0.39, 0.29) is 11.8 Å². The highest BCUT2D eigenvalue weighted by molar-refractivity contribution is 5.94. The zero-order chi connectivity index (χ0) is 14.3. The van der Waals surface area contributed by atoms with Gasteiger partial charge in [0.1, 0.15) is 12.4 Å². The maximum absolute atomic E-state index is 11.8. The normalized spacial score (nSPS) is 12.3. The van der Waals surface area contributed by atoms with Crippen LogP contribution in [0.25, 0.3) is 0 Å². The van der Waals surface area contributed by atoms with Crippen LogP contribution in [0, 0.1) is 5.92 Å². The number of carbonyl (C=O) groups is 1. The van der Waals surface area contributed by atoms with Gasteiger partial charge in [-0.25, -0.2) is 0 Å². The first-order chi connectivity index (χ1) is 9.04. The highest BCUT2D eigenvalue weighted by atomic mass is 16.5. The van der Waals surface area contributed by atoms with Gasteiger partial charge in [0.25, 0.3) is 0 Å². The number of amides is 1. The summed E-state index contributed by atoms with van der Waals surface area (Å²) in [6.45, 7) is 4.82. The molecule has 0 radical (unpaired) electrons. The second kappa shape index (κ2) is 7.76. The van der Waals surface area contributed by atoms with Crippen LogP contribution >= 0.6 is 0 Å². The standard InChI is InChI=1S/C14H22N2O3/c1-10(2)13(15)14(17)16-11-5-4-6-12(9-11)19-8-7-18-3/h4-6,9-10,13H,7-8,15H2,1-3H3,(H,16,17)/t13-/m0/s1. The van der Waals surface area contributed by atoms with E-state index >= 15 is 0 Å². The lowest BCUT2D eigenvalue weighted by atomic mass is 10.0. The Morgan fingerprint density at radius 2 is 2.11 bits per heavy atom. The van der Waals surface area contributed by atoms with Gasteiger partial charge >= 0.3 is 0 Å². The molecule has 106 valence electrons. The summed E-state index contributed by atoms with van der Waals surface area (Å²) in [5, 5.41) is 2.78. The third-order valence-corrected chi connectivity index (χ3v) is 2.68. The predicted molar refractivity (Wildman–Crippen MR) is 75.3 cm³/mol. The summed E-state index contributed by atoms with van der Waals surface area (Å²) in [7, 11) is 1.62. The molecule has 1 amide bonds. The number of rotatable bonds is 7. The molecule has 1 aromatic rings. The first-order valence-electron chi connectivity index (χ1n) is 6.33. The fourth-order valence-corrected chi connectivity index (χ4v) is 1.43. The van der Waals surface area contributed by atoms with Gasteiger partial charge in [0.05, 0.1) is 12.6 Å². The molecular weight excluding hydrogens is 244 g/mol. The van der Waals surface area contributed by atoms with Crippen molar-refractivity contribution in [2.75, 3.05) is 25.6 Å². The Kier molecular flexibility index (Phi) is 6.32. The van der Waals surface area contributed by atoms with Gasteiger partial charge in [-0.1, -0.05) is 19.9 Å². The Hall–Kier alpha value is -1.59. The molecule has 19 heavy (non-hydrogen) atoms. The minimum Gasteiger partial charge on any atom is -0.491 e. The van der Waals surface area contributed by atoms with Crippen molar-refractivity contribution in [2.24, 2.45) is 11.7 Å². The second-order valence-corrected chi connectivity index (χ2v) is 4.63. The van der Waals surface area contributed by atoms with E-state index in [4.69, 9.17) is 15.2 Å². The first-order valence-corrected chi connectivity index (χ1v) is 6.33. The van der Waals surface area contributed by atoms with E-state index in [1.807, 2.05) is 26.0 Å². The van der Waals surface area contributed by atoms with E-state index in [2.05, 4.69) is 5.32 Å². The molecule has 0 fully saturated rings. The second-order valence-electron chi connectivity index (χ2n) is 4.63. The Morgan fingerprint density at radius 1 is 1.37 bits per heavy atom. The molecule has 0 aliphatic rings. The molecule has 0 aliphatic carbocycles.